The molecule has 4 nitrogen and oxygen atoms in total. The Kier molecular flexibility index (Phi) is 4.57. The van der Waals surface area contributed by atoms with Crippen LogP contribution in [0.4, 0.5) is 0 Å². The van der Waals surface area contributed by atoms with Crippen LogP contribution in [0.25, 0.3) is 0 Å². The number of sulfone groups is 1. The van der Waals surface area contributed by atoms with E-state index in [4.69, 9.17) is 0 Å². The highest BCUT2D eigenvalue weighted by Crippen LogP contribution is 2.17. The number of rotatable bonds is 5. The van der Waals surface area contributed by atoms with Gasteiger partial charge in [-0.2, -0.15) is 0 Å². The van der Waals surface area contributed by atoms with Crippen LogP contribution < -0.4 is 5.32 Å². The van der Waals surface area contributed by atoms with Crippen LogP contribution >= 0.6 is 11.3 Å². The second kappa shape index (κ2) is 6.03. The summed E-state index contributed by atoms with van der Waals surface area (Å²) in [4.78, 5) is 4.75. The molecule has 0 aliphatic heterocycles. The first-order valence-corrected chi connectivity index (χ1v) is 9.08. The number of thiazole rings is 1. The number of nitrogens with zero attached hydrogens (tertiary/aromatic N) is 1. The second-order valence-electron chi connectivity index (χ2n) is 4.83. The molecule has 1 aromatic heterocycles. The van der Waals surface area contributed by atoms with E-state index in [-0.39, 0.29) is 6.04 Å². The number of aryl methyl sites for hydroxylation is 1. The number of hydrogen-bond acceptors (Lipinski definition) is 5. The molecule has 1 heterocycles. The van der Waals surface area contributed by atoms with Gasteiger partial charge in [-0.3, -0.25) is 0 Å². The lowest BCUT2D eigenvalue weighted by Crippen LogP contribution is -2.18. The fourth-order valence-corrected chi connectivity index (χ4v) is 3.20. The van der Waals surface area contributed by atoms with Crippen LogP contribution in [0.5, 0.6) is 0 Å². The first-order chi connectivity index (χ1) is 9.36. The van der Waals surface area contributed by atoms with Crippen LogP contribution in [0.15, 0.2) is 34.5 Å². The van der Waals surface area contributed by atoms with E-state index in [0.29, 0.717) is 11.4 Å². The lowest BCUT2D eigenvalue weighted by Gasteiger charge is -2.13. The molecule has 0 radical (unpaired) electrons. The van der Waals surface area contributed by atoms with E-state index in [1.54, 1.807) is 23.5 Å². The first kappa shape index (κ1) is 15.2. The van der Waals surface area contributed by atoms with Crippen molar-refractivity contribution in [3.8, 4) is 0 Å². The van der Waals surface area contributed by atoms with E-state index in [1.807, 2.05) is 24.4 Å². The summed E-state index contributed by atoms with van der Waals surface area (Å²) in [5, 5.41) is 6.47. The fourth-order valence-electron chi connectivity index (χ4n) is 1.85. The third kappa shape index (κ3) is 3.88. The van der Waals surface area contributed by atoms with Crippen LogP contribution in [0.2, 0.25) is 0 Å². The molecule has 2 rings (SSSR count). The highest BCUT2D eigenvalue weighted by molar-refractivity contribution is 7.90. The Morgan fingerprint density at radius 3 is 2.45 bits per heavy atom. The van der Waals surface area contributed by atoms with Crippen LogP contribution in [0, 0.1) is 6.92 Å². The summed E-state index contributed by atoms with van der Waals surface area (Å²) < 4.78 is 22.8. The van der Waals surface area contributed by atoms with Crippen LogP contribution in [0.1, 0.15) is 29.2 Å². The highest BCUT2D eigenvalue weighted by atomic mass is 32.2. The van der Waals surface area contributed by atoms with E-state index < -0.39 is 9.84 Å². The molecule has 1 atom stereocenters. The smallest absolute Gasteiger partial charge is 0.175 e. The molecule has 0 fully saturated rings. The molecule has 0 saturated heterocycles. The van der Waals surface area contributed by atoms with Gasteiger partial charge < -0.3 is 5.32 Å². The van der Waals surface area contributed by atoms with Crippen LogP contribution in [0.3, 0.4) is 0 Å². The summed E-state index contributed by atoms with van der Waals surface area (Å²) in [6, 6.07) is 7.14. The van der Waals surface area contributed by atoms with Gasteiger partial charge in [-0.05, 0) is 31.5 Å². The molecule has 1 aromatic carbocycles. The SMILES string of the molecule is Cc1csc(CNC(C)c2ccc(S(C)(=O)=O)cc2)n1. The zero-order valence-corrected chi connectivity index (χ0v) is 13.4. The number of aromatic nitrogens is 1. The number of hydrogen-bond donors (Lipinski definition) is 1. The Morgan fingerprint density at radius 2 is 1.95 bits per heavy atom. The predicted octanol–water partition coefficient (Wildman–Crippen LogP) is 2.71. The minimum Gasteiger partial charge on any atom is -0.304 e. The second-order valence-corrected chi connectivity index (χ2v) is 7.78. The Morgan fingerprint density at radius 1 is 1.30 bits per heavy atom. The van der Waals surface area contributed by atoms with Crippen molar-refractivity contribution in [1.29, 1.82) is 0 Å². The van der Waals surface area contributed by atoms with E-state index >= 15 is 0 Å². The minimum atomic E-state index is -3.13. The van der Waals surface area contributed by atoms with Crippen molar-refractivity contribution in [2.45, 2.75) is 31.3 Å². The first-order valence-electron chi connectivity index (χ1n) is 6.30. The van der Waals surface area contributed by atoms with Gasteiger partial charge in [0.2, 0.25) is 0 Å². The summed E-state index contributed by atoms with van der Waals surface area (Å²) in [5.74, 6) is 0. The van der Waals surface area contributed by atoms with Gasteiger partial charge >= 0.3 is 0 Å². The van der Waals surface area contributed by atoms with E-state index in [0.717, 1.165) is 16.3 Å². The molecule has 0 aliphatic carbocycles. The van der Waals surface area contributed by atoms with Crippen LogP contribution in [-0.4, -0.2) is 19.7 Å². The lowest BCUT2D eigenvalue weighted by molar-refractivity contribution is 0.572. The molecule has 1 unspecified atom stereocenters. The molecule has 2 aromatic rings. The summed E-state index contributed by atoms with van der Waals surface area (Å²) in [5.41, 5.74) is 2.10. The third-order valence-corrected chi connectivity index (χ3v) is 5.13. The van der Waals surface area contributed by atoms with Gasteiger partial charge in [-0.25, -0.2) is 13.4 Å². The molecule has 1 N–H and O–H groups in total. The molecule has 0 amide bonds. The van der Waals surface area contributed by atoms with Gasteiger partial charge in [-0.1, -0.05) is 12.1 Å². The summed E-state index contributed by atoms with van der Waals surface area (Å²) in [7, 11) is -3.13. The highest BCUT2D eigenvalue weighted by Gasteiger charge is 2.09. The zero-order valence-electron chi connectivity index (χ0n) is 11.8. The van der Waals surface area contributed by atoms with E-state index in [9.17, 15) is 8.42 Å². The van der Waals surface area contributed by atoms with E-state index in [2.05, 4.69) is 17.2 Å². The molecule has 20 heavy (non-hydrogen) atoms. The van der Waals surface area contributed by atoms with Gasteiger partial charge in [0.05, 0.1) is 4.90 Å². The Bertz CT molecular complexity index is 675. The van der Waals surface area contributed by atoms with Crippen molar-refractivity contribution in [3.63, 3.8) is 0 Å². The maximum absolute atomic E-state index is 11.4. The van der Waals surface area contributed by atoms with Crippen molar-refractivity contribution in [1.82, 2.24) is 10.3 Å². The quantitative estimate of drug-likeness (QED) is 0.922. The molecule has 108 valence electrons. The molecular weight excluding hydrogens is 292 g/mol. The summed E-state index contributed by atoms with van der Waals surface area (Å²) >= 11 is 1.64. The maximum Gasteiger partial charge on any atom is 0.175 e. The van der Waals surface area contributed by atoms with Crippen molar-refractivity contribution in [2.24, 2.45) is 0 Å². The summed E-state index contributed by atoms with van der Waals surface area (Å²) in [6.07, 6.45) is 1.22. The lowest BCUT2D eigenvalue weighted by atomic mass is 10.1. The third-order valence-electron chi connectivity index (χ3n) is 3.03. The average Bonchev–Trinajstić information content (AvgIpc) is 2.81. The van der Waals surface area contributed by atoms with Gasteiger partial charge in [0.1, 0.15) is 5.01 Å². The Hall–Kier alpha value is -1.24. The molecule has 0 bridgehead atoms. The molecule has 0 saturated carbocycles. The number of nitrogens with one attached hydrogen (secondary N) is 1. The van der Waals surface area contributed by atoms with Crippen LogP contribution in [-0.2, 0) is 16.4 Å². The van der Waals surface area contributed by atoms with Gasteiger partial charge in [0.25, 0.3) is 0 Å². The van der Waals surface area contributed by atoms with E-state index in [1.165, 1.54) is 6.26 Å². The zero-order chi connectivity index (χ0) is 14.8. The topological polar surface area (TPSA) is 59.1 Å². The monoisotopic (exact) mass is 310 g/mol. The molecular formula is C14H18N2O2S2. The Balaban J connectivity index is 2.00. The molecule has 6 heteroatoms. The van der Waals surface area contributed by atoms with Gasteiger partial charge in [0.15, 0.2) is 9.84 Å². The van der Waals surface area contributed by atoms with Crippen molar-refractivity contribution in [3.05, 3.63) is 45.9 Å². The molecule has 0 spiro atoms. The molecule has 0 aliphatic rings. The Labute approximate surface area is 123 Å². The maximum atomic E-state index is 11.4. The van der Waals surface area contributed by atoms with Crippen molar-refractivity contribution >= 4 is 21.2 Å². The number of benzene rings is 1. The fraction of sp³-hybridized carbons (Fsp3) is 0.357. The predicted molar refractivity (Wildman–Crippen MR) is 81.7 cm³/mol. The van der Waals surface area contributed by atoms with Crippen molar-refractivity contribution in [2.75, 3.05) is 6.26 Å². The standard InChI is InChI=1S/C14H18N2O2S2/c1-10-9-19-14(16-10)8-15-11(2)12-4-6-13(7-5-12)20(3,17)18/h4-7,9,11,15H,8H2,1-3H3. The normalized spacial score (nSPS) is 13.3. The van der Waals surface area contributed by atoms with Gasteiger partial charge in [-0.15, -0.1) is 11.3 Å². The minimum absolute atomic E-state index is 0.146. The largest absolute Gasteiger partial charge is 0.304 e. The van der Waals surface area contributed by atoms with Gasteiger partial charge in [0, 0.05) is 29.9 Å². The summed E-state index contributed by atoms with van der Waals surface area (Å²) in [6.45, 7) is 4.75. The average molecular weight is 310 g/mol. The van der Waals surface area contributed by atoms with Crippen molar-refractivity contribution < 1.29 is 8.42 Å².